The Bertz CT molecular complexity index is 3500. The maximum absolute atomic E-state index is 16.9. The molecule has 1 amide bonds. The van der Waals surface area contributed by atoms with Crippen molar-refractivity contribution in [3.8, 4) is 44.9 Å². The highest BCUT2D eigenvalue weighted by atomic mass is 19.1. The minimum Gasteiger partial charge on any atom is -0.497 e. The highest BCUT2D eigenvalue weighted by molar-refractivity contribution is 6.09. The van der Waals surface area contributed by atoms with Crippen LogP contribution in [-0.4, -0.2) is 26.1 Å². The van der Waals surface area contributed by atoms with Crippen molar-refractivity contribution in [2.75, 3.05) is 30.4 Å². The number of unbranched alkanes of at least 4 members (excludes halogenated alkanes) is 2. The lowest BCUT2D eigenvalue weighted by atomic mass is 9.76. The summed E-state index contributed by atoms with van der Waals surface area (Å²) in [6.45, 7) is 8.70. The number of rotatable bonds is 13. The van der Waals surface area contributed by atoms with Crippen LogP contribution in [0.3, 0.4) is 0 Å². The molecule has 2 fully saturated rings. The zero-order valence-electron chi connectivity index (χ0n) is 44.9. The van der Waals surface area contributed by atoms with Gasteiger partial charge in [0.05, 0.1) is 12.5 Å². The van der Waals surface area contributed by atoms with Gasteiger partial charge in [0.2, 0.25) is 0 Å². The molecule has 1 unspecified atom stereocenters. The van der Waals surface area contributed by atoms with Gasteiger partial charge in [-0.05, 0) is 179 Å². The first-order valence-corrected chi connectivity index (χ1v) is 28.2. The fraction of sp³-hybridized carbons (Fsp3) is 0.300. The van der Waals surface area contributed by atoms with E-state index in [1.165, 1.54) is 87.9 Å². The molecular weight excluding hydrogens is 955 g/mol. The molecule has 7 heteroatoms. The molecule has 1 N–H and O–H groups in total. The first-order valence-electron chi connectivity index (χ1n) is 28.2. The van der Waals surface area contributed by atoms with E-state index >= 15 is 8.78 Å². The minimum absolute atomic E-state index is 0.180. The molecule has 5 nitrogen and oxygen atoms in total. The average Bonchev–Trinajstić information content (AvgIpc) is 4.00. The highest BCUT2D eigenvalue weighted by Crippen LogP contribution is 2.59. The average molecular weight is 1020 g/mol. The Morgan fingerprint density at radius 1 is 0.714 bits per heavy atom. The molecule has 8 aromatic rings. The topological polar surface area (TPSA) is 50.8 Å². The number of nitrogens with zero attached hydrogens (tertiary/aromatic N) is 1. The maximum Gasteiger partial charge on any atom is 0.255 e. The molecule has 77 heavy (non-hydrogen) atoms. The molecule has 0 aromatic heterocycles. The van der Waals surface area contributed by atoms with Crippen LogP contribution in [0.2, 0.25) is 0 Å². The van der Waals surface area contributed by atoms with Gasteiger partial charge in [-0.3, -0.25) is 4.79 Å². The van der Waals surface area contributed by atoms with Crippen molar-refractivity contribution < 1.29 is 23.0 Å². The third kappa shape index (κ3) is 9.40. The SMILES string of the molecule is CCCCC[C@H]1CC[C@H](c2ccc(-c3ccc(C(=O)Nc4ccc(-c5ccc6c(c5)-c5c(c7c(c8c(F)cc(F)cc58)OC(c5ccc(OC)cc5)(c5ccc(N8CCCCC8)cc5)C=C7)C6(C)C)cc4)cc3)cc2)CC1. The molecule has 0 spiro atoms. The summed E-state index contributed by atoms with van der Waals surface area (Å²) < 4.78 is 45.6. The molecule has 8 aromatic carbocycles. The number of ether oxygens (including phenoxy) is 2. The quantitative estimate of drug-likeness (QED) is 0.117. The molecule has 0 bridgehead atoms. The Hall–Kier alpha value is -7.51. The van der Waals surface area contributed by atoms with Gasteiger partial charge in [-0.1, -0.05) is 137 Å². The summed E-state index contributed by atoms with van der Waals surface area (Å²) in [6.07, 6.45) is 18.5. The predicted octanol–water partition coefficient (Wildman–Crippen LogP) is 18.2. The van der Waals surface area contributed by atoms with Crippen molar-refractivity contribution in [3.05, 3.63) is 208 Å². The summed E-state index contributed by atoms with van der Waals surface area (Å²) >= 11 is 0. The van der Waals surface area contributed by atoms with Gasteiger partial charge in [0.1, 0.15) is 23.1 Å². The van der Waals surface area contributed by atoms with Crippen LogP contribution < -0.4 is 19.7 Å². The molecule has 390 valence electrons. The van der Waals surface area contributed by atoms with Crippen molar-refractivity contribution in [2.24, 2.45) is 5.92 Å². The van der Waals surface area contributed by atoms with Gasteiger partial charge in [-0.2, -0.15) is 0 Å². The van der Waals surface area contributed by atoms with Crippen LogP contribution in [0.25, 0.3) is 50.2 Å². The lowest BCUT2D eigenvalue weighted by Crippen LogP contribution is -2.35. The maximum atomic E-state index is 16.9. The number of anilines is 2. The number of piperidine rings is 1. The van der Waals surface area contributed by atoms with Gasteiger partial charge in [0, 0.05) is 58.2 Å². The highest BCUT2D eigenvalue weighted by Gasteiger charge is 2.45. The van der Waals surface area contributed by atoms with E-state index < -0.39 is 22.7 Å². The summed E-state index contributed by atoms with van der Waals surface area (Å²) in [4.78, 5) is 16.0. The van der Waals surface area contributed by atoms with Gasteiger partial charge in [-0.15, -0.1) is 0 Å². The summed E-state index contributed by atoms with van der Waals surface area (Å²) in [5.41, 5.74) is 12.6. The lowest BCUT2D eigenvalue weighted by molar-refractivity contribution is 0.102. The van der Waals surface area contributed by atoms with Gasteiger partial charge >= 0.3 is 0 Å². The molecule has 1 saturated carbocycles. The van der Waals surface area contributed by atoms with Crippen LogP contribution >= 0.6 is 0 Å². The van der Waals surface area contributed by atoms with Gasteiger partial charge in [0.15, 0.2) is 5.60 Å². The lowest BCUT2D eigenvalue weighted by Gasteiger charge is -2.39. The van der Waals surface area contributed by atoms with Crippen LogP contribution in [0.15, 0.2) is 158 Å². The van der Waals surface area contributed by atoms with E-state index in [4.69, 9.17) is 9.47 Å². The molecule has 0 radical (unpaired) electrons. The second kappa shape index (κ2) is 20.8. The summed E-state index contributed by atoms with van der Waals surface area (Å²) in [6, 6.07) is 50.0. The van der Waals surface area contributed by atoms with E-state index in [0.717, 1.165) is 86.3 Å². The number of hydrogen-bond donors (Lipinski definition) is 1. The number of carbonyl (C=O) groups is 1. The second-order valence-corrected chi connectivity index (χ2v) is 22.6. The number of halogens is 2. The molecule has 1 saturated heterocycles. The van der Waals surface area contributed by atoms with Gasteiger partial charge in [0.25, 0.3) is 5.91 Å². The second-order valence-electron chi connectivity index (χ2n) is 22.6. The number of methoxy groups -OCH3 is 1. The smallest absolute Gasteiger partial charge is 0.255 e. The fourth-order valence-electron chi connectivity index (χ4n) is 13.3. The number of benzene rings is 8. The number of amides is 1. The van der Waals surface area contributed by atoms with Crippen LogP contribution in [0.5, 0.6) is 11.5 Å². The van der Waals surface area contributed by atoms with E-state index in [-0.39, 0.29) is 11.3 Å². The number of nitrogens with one attached hydrogen (secondary N) is 1. The Morgan fingerprint density at radius 3 is 2.03 bits per heavy atom. The molecule has 2 aliphatic carbocycles. The van der Waals surface area contributed by atoms with Crippen LogP contribution in [0, 0.1) is 17.6 Å². The van der Waals surface area contributed by atoms with Crippen molar-refractivity contribution in [2.45, 2.75) is 108 Å². The van der Waals surface area contributed by atoms with Crippen molar-refractivity contribution in [1.82, 2.24) is 0 Å². The van der Waals surface area contributed by atoms with Gasteiger partial charge < -0.3 is 19.7 Å². The Morgan fingerprint density at radius 2 is 1.35 bits per heavy atom. The molecule has 1 atom stereocenters. The van der Waals surface area contributed by atoms with Crippen LogP contribution in [0.1, 0.15) is 141 Å². The van der Waals surface area contributed by atoms with E-state index in [2.05, 4.69) is 110 Å². The van der Waals surface area contributed by atoms with Crippen LogP contribution in [-0.2, 0) is 11.0 Å². The molecule has 4 aliphatic rings. The number of fused-ring (bicyclic) bond motifs is 8. The van der Waals surface area contributed by atoms with E-state index in [1.807, 2.05) is 72.8 Å². The number of hydrogen-bond acceptors (Lipinski definition) is 4. The third-order valence-corrected chi connectivity index (χ3v) is 17.6. The first kappa shape index (κ1) is 50.3. The molecular formula is C70H68F2N2O3. The Labute approximate surface area is 453 Å². The van der Waals surface area contributed by atoms with Crippen molar-refractivity contribution in [3.63, 3.8) is 0 Å². The van der Waals surface area contributed by atoms with Crippen molar-refractivity contribution in [1.29, 1.82) is 0 Å². The molecule has 2 aliphatic heterocycles. The normalized spacial score (nSPS) is 19.3. The Kier molecular flexibility index (Phi) is 13.6. The van der Waals surface area contributed by atoms with E-state index in [1.54, 1.807) is 7.11 Å². The summed E-state index contributed by atoms with van der Waals surface area (Å²) in [5, 5.41) is 3.80. The van der Waals surface area contributed by atoms with Gasteiger partial charge in [-0.25, -0.2) is 8.78 Å². The van der Waals surface area contributed by atoms with Crippen molar-refractivity contribution >= 4 is 34.1 Å². The fourth-order valence-corrected chi connectivity index (χ4v) is 13.3. The van der Waals surface area contributed by atoms with E-state index in [9.17, 15) is 4.79 Å². The summed E-state index contributed by atoms with van der Waals surface area (Å²) in [5.74, 6) is 1.14. The zero-order valence-corrected chi connectivity index (χ0v) is 44.9. The van der Waals surface area contributed by atoms with Crippen LogP contribution in [0.4, 0.5) is 20.2 Å². The summed E-state index contributed by atoms with van der Waals surface area (Å²) in [7, 11) is 1.64. The van der Waals surface area contributed by atoms with E-state index in [0.29, 0.717) is 34.1 Å². The first-order chi connectivity index (χ1) is 37.5. The third-order valence-electron chi connectivity index (χ3n) is 17.6. The minimum atomic E-state index is -1.14. The standard InChI is InChI=1S/C70H68F2N2O3/c1-5-6-8-11-45-12-14-46(15-13-45)47-16-18-48(19-17-47)49-20-22-51(23-21-49)68(75)73-56-31-24-50(25-32-56)52-26-37-62-60(42-52)64-61-43-55(71)44-63(72)65(61)67-59(66(64)69(62,2)3)38-39-70(77-67,54-29-35-58(76-4)36-30-54)53-27-33-57(34-28-53)74-40-9-7-10-41-74/h16-39,42-46H,5-15,40-41H2,1-4H3,(H,73,75)/t45-,46-,70?. The monoisotopic (exact) mass is 1020 g/mol. The number of carbonyl (C=O) groups excluding carboxylic acids is 1. The largest absolute Gasteiger partial charge is 0.497 e. The zero-order chi connectivity index (χ0) is 52.8. The molecule has 12 rings (SSSR count). The molecule has 2 heterocycles. The predicted molar refractivity (Wildman–Crippen MR) is 311 cm³/mol. The Balaban J connectivity index is 0.807.